The number of anilines is 2. The number of phenols is 1. The topological polar surface area (TPSA) is 48.4 Å². The highest BCUT2D eigenvalue weighted by Crippen LogP contribution is 2.15. The monoisotopic (exact) mass is 285 g/mol. The fourth-order valence-corrected chi connectivity index (χ4v) is 2.14. The van der Waals surface area contributed by atoms with Crippen molar-refractivity contribution >= 4 is 11.5 Å². The minimum atomic E-state index is 0.317. The van der Waals surface area contributed by atoms with Crippen LogP contribution in [0.15, 0.2) is 42.6 Å². The standard InChI is InChI=1S/C17H23N3O/c1-13(4-5-14-6-9-16(21)10-7-14)19-15-8-11-17(18-12-15)20(2)3/h6-13,19,21H,4-5H2,1-3H3. The maximum atomic E-state index is 9.27. The molecule has 0 aliphatic rings. The normalized spacial score (nSPS) is 12.0. The lowest BCUT2D eigenvalue weighted by Gasteiger charge is -2.16. The number of aryl methyl sites for hydroxylation is 1. The van der Waals surface area contributed by atoms with Gasteiger partial charge in [-0.15, -0.1) is 0 Å². The Hall–Kier alpha value is -2.23. The van der Waals surface area contributed by atoms with Crippen LogP contribution in [0.2, 0.25) is 0 Å². The zero-order valence-corrected chi connectivity index (χ0v) is 12.9. The highest BCUT2D eigenvalue weighted by molar-refractivity contribution is 5.48. The van der Waals surface area contributed by atoms with Crippen molar-refractivity contribution < 1.29 is 5.11 Å². The van der Waals surface area contributed by atoms with E-state index in [2.05, 4.69) is 23.3 Å². The highest BCUT2D eigenvalue weighted by Gasteiger charge is 2.04. The second kappa shape index (κ2) is 6.97. The Morgan fingerprint density at radius 1 is 1.14 bits per heavy atom. The van der Waals surface area contributed by atoms with Crippen molar-refractivity contribution in [2.45, 2.75) is 25.8 Å². The summed E-state index contributed by atoms with van der Waals surface area (Å²) >= 11 is 0. The molecule has 4 nitrogen and oxygen atoms in total. The second-order valence-corrected chi connectivity index (χ2v) is 5.55. The first-order valence-electron chi connectivity index (χ1n) is 7.22. The minimum absolute atomic E-state index is 0.317. The van der Waals surface area contributed by atoms with Crippen LogP contribution in [0.1, 0.15) is 18.9 Å². The first kappa shape index (κ1) is 15.2. The van der Waals surface area contributed by atoms with Crippen molar-refractivity contribution in [1.29, 1.82) is 0 Å². The van der Waals surface area contributed by atoms with Gasteiger partial charge in [0.15, 0.2) is 0 Å². The zero-order chi connectivity index (χ0) is 15.2. The summed E-state index contributed by atoms with van der Waals surface area (Å²) in [4.78, 5) is 6.38. The first-order chi connectivity index (χ1) is 10.0. The van der Waals surface area contributed by atoms with Crippen LogP contribution in [0.5, 0.6) is 5.75 Å². The van der Waals surface area contributed by atoms with Gasteiger partial charge in [-0.3, -0.25) is 0 Å². The summed E-state index contributed by atoms with van der Waals surface area (Å²) < 4.78 is 0. The number of hydrogen-bond acceptors (Lipinski definition) is 4. The van der Waals surface area contributed by atoms with Crippen molar-refractivity contribution in [3.05, 3.63) is 48.2 Å². The van der Waals surface area contributed by atoms with E-state index in [1.165, 1.54) is 5.56 Å². The van der Waals surface area contributed by atoms with Crippen molar-refractivity contribution in [3.63, 3.8) is 0 Å². The maximum absolute atomic E-state index is 9.27. The van der Waals surface area contributed by atoms with Gasteiger partial charge in [0.1, 0.15) is 11.6 Å². The van der Waals surface area contributed by atoms with Gasteiger partial charge in [-0.2, -0.15) is 0 Å². The molecular formula is C17H23N3O. The number of nitrogens with zero attached hydrogens (tertiary/aromatic N) is 2. The third-order valence-corrected chi connectivity index (χ3v) is 3.42. The van der Waals surface area contributed by atoms with E-state index >= 15 is 0 Å². The van der Waals surface area contributed by atoms with E-state index in [-0.39, 0.29) is 0 Å². The Bertz CT molecular complexity index is 549. The molecule has 0 aliphatic carbocycles. The van der Waals surface area contributed by atoms with Gasteiger partial charge < -0.3 is 15.3 Å². The van der Waals surface area contributed by atoms with Gasteiger partial charge in [0, 0.05) is 20.1 Å². The number of hydrogen-bond donors (Lipinski definition) is 2. The minimum Gasteiger partial charge on any atom is -0.508 e. The number of phenolic OH excluding ortho intramolecular Hbond substituents is 1. The van der Waals surface area contributed by atoms with Crippen LogP contribution in [0.3, 0.4) is 0 Å². The molecule has 0 aliphatic heterocycles. The molecule has 0 bridgehead atoms. The maximum Gasteiger partial charge on any atom is 0.128 e. The summed E-state index contributed by atoms with van der Waals surface area (Å²) in [5, 5.41) is 12.7. The third kappa shape index (κ3) is 4.67. The molecular weight excluding hydrogens is 262 g/mol. The fourth-order valence-electron chi connectivity index (χ4n) is 2.14. The molecule has 0 radical (unpaired) electrons. The van der Waals surface area contributed by atoms with Gasteiger partial charge >= 0.3 is 0 Å². The van der Waals surface area contributed by atoms with Crippen molar-refractivity contribution in [1.82, 2.24) is 4.98 Å². The van der Waals surface area contributed by atoms with E-state index in [1.54, 1.807) is 12.1 Å². The molecule has 1 aromatic heterocycles. The average molecular weight is 285 g/mol. The fraction of sp³-hybridized carbons (Fsp3) is 0.353. The predicted molar refractivity (Wildman–Crippen MR) is 88.1 cm³/mol. The van der Waals surface area contributed by atoms with Crippen molar-refractivity contribution in [2.24, 2.45) is 0 Å². The van der Waals surface area contributed by atoms with E-state index in [1.807, 2.05) is 43.4 Å². The molecule has 2 N–H and O–H groups in total. The van der Waals surface area contributed by atoms with E-state index in [0.29, 0.717) is 11.8 Å². The van der Waals surface area contributed by atoms with Gasteiger partial charge in [0.05, 0.1) is 11.9 Å². The number of rotatable bonds is 6. The van der Waals surface area contributed by atoms with Gasteiger partial charge in [0.2, 0.25) is 0 Å². The Labute approximate surface area is 126 Å². The molecule has 2 rings (SSSR count). The van der Waals surface area contributed by atoms with Crippen LogP contribution >= 0.6 is 0 Å². The molecule has 4 heteroatoms. The molecule has 1 heterocycles. The molecule has 0 amide bonds. The largest absolute Gasteiger partial charge is 0.508 e. The van der Waals surface area contributed by atoms with Crippen molar-refractivity contribution in [2.75, 3.05) is 24.3 Å². The molecule has 0 saturated heterocycles. The highest BCUT2D eigenvalue weighted by atomic mass is 16.3. The van der Waals surface area contributed by atoms with Crippen molar-refractivity contribution in [3.8, 4) is 5.75 Å². The number of aromatic nitrogens is 1. The van der Waals surface area contributed by atoms with E-state index in [9.17, 15) is 5.11 Å². The van der Waals surface area contributed by atoms with Crippen LogP contribution in [0, 0.1) is 0 Å². The Balaban J connectivity index is 1.83. The van der Waals surface area contributed by atoms with E-state index < -0.39 is 0 Å². The lowest BCUT2D eigenvalue weighted by Crippen LogP contribution is -2.16. The number of pyridine rings is 1. The predicted octanol–water partition coefficient (Wildman–Crippen LogP) is 3.29. The number of aromatic hydroxyl groups is 1. The first-order valence-corrected chi connectivity index (χ1v) is 7.22. The molecule has 2 aromatic rings. The summed E-state index contributed by atoms with van der Waals surface area (Å²) in [6.07, 6.45) is 3.88. The third-order valence-electron chi connectivity index (χ3n) is 3.42. The molecule has 0 fully saturated rings. The summed E-state index contributed by atoms with van der Waals surface area (Å²) in [6, 6.07) is 11.8. The molecule has 1 unspecified atom stereocenters. The Morgan fingerprint density at radius 3 is 2.43 bits per heavy atom. The Morgan fingerprint density at radius 2 is 1.86 bits per heavy atom. The van der Waals surface area contributed by atoms with E-state index in [4.69, 9.17) is 0 Å². The summed E-state index contributed by atoms with van der Waals surface area (Å²) in [5.41, 5.74) is 2.28. The van der Waals surface area contributed by atoms with Crippen LogP contribution in [-0.4, -0.2) is 30.2 Å². The second-order valence-electron chi connectivity index (χ2n) is 5.55. The molecule has 21 heavy (non-hydrogen) atoms. The smallest absolute Gasteiger partial charge is 0.128 e. The van der Waals surface area contributed by atoms with Crippen LogP contribution < -0.4 is 10.2 Å². The lowest BCUT2D eigenvalue weighted by molar-refractivity contribution is 0.475. The van der Waals surface area contributed by atoms with Crippen LogP contribution in [0.4, 0.5) is 11.5 Å². The average Bonchev–Trinajstić information content (AvgIpc) is 2.47. The Kier molecular flexibility index (Phi) is 5.04. The van der Waals surface area contributed by atoms with Crippen LogP contribution in [0.25, 0.3) is 0 Å². The summed E-state index contributed by atoms with van der Waals surface area (Å²) in [5.74, 6) is 1.27. The van der Waals surface area contributed by atoms with Gasteiger partial charge in [-0.1, -0.05) is 12.1 Å². The quantitative estimate of drug-likeness (QED) is 0.855. The molecule has 0 saturated carbocycles. The number of benzene rings is 1. The van der Waals surface area contributed by atoms with Gasteiger partial charge in [-0.25, -0.2) is 4.98 Å². The summed E-state index contributed by atoms with van der Waals surface area (Å²) in [7, 11) is 3.96. The van der Waals surface area contributed by atoms with Crippen LogP contribution in [-0.2, 0) is 6.42 Å². The molecule has 112 valence electrons. The number of nitrogens with one attached hydrogen (secondary N) is 1. The SMILES string of the molecule is CC(CCc1ccc(O)cc1)Nc1ccc(N(C)C)nc1. The van der Waals surface area contributed by atoms with Gasteiger partial charge in [-0.05, 0) is 49.6 Å². The molecule has 1 atom stereocenters. The summed E-state index contributed by atoms with van der Waals surface area (Å²) in [6.45, 7) is 2.17. The zero-order valence-electron chi connectivity index (χ0n) is 12.9. The van der Waals surface area contributed by atoms with E-state index in [0.717, 1.165) is 24.3 Å². The lowest BCUT2D eigenvalue weighted by atomic mass is 10.1. The molecule has 1 aromatic carbocycles. The van der Waals surface area contributed by atoms with Gasteiger partial charge in [0.25, 0.3) is 0 Å². The molecule has 0 spiro atoms.